The molecule has 0 spiro atoms. The van der Waals surface area contributed by atoms with Crippen molar-refractivity contribution in [2.24, 2.45) is 0 Å². The van der Waals surface area contributed by atoms with Crippen LogP contribution >= 0.6 is 0 Å². The summed E-state index contributed by atoms with van der Waals surface area (Å²) in [5.74, 6) is -0.976. The van der Waals surface area contributed by atoms with Crippen molar-refractivity contribution in [1.29, 1.82) is 0 Å². The van der Waals surface area contributed by atoms with Gasteiger partial charge in [0, 0.05) is 23.7 Å². The number of fused-ring (bicyclic) bond motifs is 1. The lowest BCUT2D eigenvalue weighted by Gasteiger charge is -2.31. The van der Waals surface area contributed by atoms with Crippen molar-refractivity contribution in [2.75, 3.05) is 0 Å². The van der Waals surface area contributed by atoms with E-state index in [1.807, 2.05) is 38.2 Å². The Bertz CT molecular complexity index is 686. The van der Waals surface area contributed by atoms with E-state index in [4.69, 9.17) is 5.11 Å². The Morgan fingerprint density at radius 2 is 1.96 bits per heavy atom. The molecular weight excluding hydrogens is 292 g/mol. The summed E-state index contributed by atoms with van der Waals surface area (Å²) in [6, 6.07) is 8.10. The second kappa shape index (κ2) is 7.31. The molecule has 1 aromatic heterocycles. The highest BCUT2D eigenvalue weighted by Crippen LogP contribution is 2.21. The average molecular weight is 316 g/mol. The van der Waals surface area contributed by atoms with Gasteiger partial charge in [0.05, 0.1) is 6.42 Å². The lowest BCUT2D eigenvalue weighted by molar-refractivity contribution is -0.139. The van der Waals surface area contributed by atoms with Gasteiger partial charge in [-0.15, -0.1) is 0 Å². The van der Waals surface area contributed by atoms with Gasteiger partial charge in [0.25, 0.3) is 0 Å². The number of carbonyl (C=O) groups is 2. The van der Waals surface area contributed by atoms with Crippen LogP contribution in [0.3, 0.4) is 0 Å². The maximum atomic E-state index is 12.2. The number of aryl methyl sites for hydroxylation is 1. The molecule has 0 atom stereocenters. The zero-order valence-corrected chi connectivity index (χ0v) is 13.7. The summed E-state index contributed by atoms with van der Waals surface area (Å²) < 4.78 is 0. The van der Waals surface area contributed by atoms with Crippen molar-refractivity contribution in [3.05, 3.63) is 36.0 Å². The number of amides is 1. The third-order valence-electron chi connectivity index (χ3n) is 4.51. The summed E-state index contributed by atoms with van der Waals surface area (Å²) >= 11 is 0. The van der Waals surface area contributed by atoms with Gasteiger partial charge in [-0.1, -0.05) is 19.9 Å². The van der Waals surface area contributed by atoms with E-state index in [9.17, 15) is 9.59 Å². The zero-order chi connectivity index (χ0) is 16.9. The van der Waals surface area contributed by atoms with Crippen LogP contribution in [0.1, 0.15) is 45.1 Å². The Morgan fingerprint density at radius 1 is 1.22 bits per heavy atom. The highest BCUT2D eigenvalue weighted by Gasteiger charge is 2.30. The van der Waals surface area contributed by atoms with Gasteiger partial charge in [-0.05, 0) is 48.4 Å². The van der Waals surface area contributed by atoms with Crippen LogP contribution in [0.25, 0.3) is 10.9 Å². The van der Waals surface area contributed by atoms with E-state index >= 15 is 0 Å². The van der Waals surface area contributed by atoms with Crippen LogP contribution in [0, 0.1) is 0 Å². The highest BCUT2D eigenvalue weighted by atomic mass is 16.4. The number of hydrogen-bond donors (Lipinski definition) is 3. The number of aromatic nitrogens is 1. The van der Waals surface area contributed by atoms with E-state index in [-0.39, 0.29) is 12.3 Å². The first kappa shape index (κ1) is 17.1. The number of hydrogen-bond acceptors (Lipinski definition) is 2. The topological polar surface area (TPSA) is 82.2 Å². The molecule has 0 radical (unpaired) electrons. The van der Waals surface area contributed by atoms with Gasteiger partial charge in [-0.3, -0.25) is 9.59 Å². The first-order chi connectivity index (χ1) is 11.0. The van der Waals surface area contributed by atoms with Gasteiger partial charge in [-0.2, -0.15) is 0 Å². The molecule has 5 nitrogen and oxygen atoms in total. The summed E-state index contributed by atoms with van der Waals surface area (Å²) in [6.07, 6.45) is 4.07. The predicted octanol–water partition coefficient (Wildman–Crippen LogP) is 3.25. The molecule has 1 amide bonds. The molecule has 0 aliphatic carbocycles. The second-order valence-electron chi connectivity index (χ2n) is 6.01. The fourth-order valence-corrected chi connectivity index (χ4v) is 2.88. The normalized spacial score (nSPS) is 11.6. The van der Waals surface area contributed by atoms with E-state index in [2.05, 4.69) is 16.4 Å². The minimum absolute atomic E-state index is 0.0406. The maximum Gasteiger partial charge on any atom is 0.305 e. The number of carboxylic acids is 1. The second-order valence-corrected chi connectivity index (χ2v) is 6.01. The molecule has 0 fully saturated rings. The van der Waals surface area contributed by atoms with Crippen LogP contribution in [0.15, 0.2) is 30.5 Å². The van der Waals surface area contributed by atoms with Gasteiger partial charge in [0.2, 0.25) is 5.91 Å². The molecule has 5 heteroatoms. The van der Waals surface area contributed by atoms with E-state index < -0.39 is 11.5 Å². The Balaban J connectivity index is 1.96. The molecule has 3 N–H and O–H groups in total. The summed E-state index contributed by atoms with van der Waals surface area (Å²) in [5.41, 5.74) is 1.53. The molecular formula is C18H24N2O3. The monoisotopic (exact) mass is 316 g/mol. The van der Waals surface area contributed by atoms with Gasteiger partial charge in [-0.25, -0.2) is 0 Å². The minimum atomic E-state index is -0.882. The molecule has 0 saturated carbocycles. The van der Waals surface area contributed by atoms with Crippen molar-refractivity contribution in [3.8, 4) is 0 Å². The van der Waals surface area contributed by atoms with Gasteiger partial charge in [0.1, 0.15) is 0 Å². The average Bonchev–Trinajstić information content (AvgIpc) is 2.99. The van der Waals surface area contributed by atoms with Crippen molar-refractivity contribution < 1.29 is 14.7 Å². The van der Waals surface area contributed by atoms with Crippen molar-refractivity contribution in [3.63, 3.8) is 0 Å². The third-order valence-corrected chi connectivity index (χ3v) is 4.51. The van der Waals surface area contributed by atoms with Gasteiger partial charge < -0.3 is 15.4 Å². The molecule has 2 aromatic rings. The van der Waals surface area contributed by atoms with E-state index in [1.54, 1.807) is 0 Å². The summed E-state index contributed by atoms with van der Waals surface area (Å²) in [6.45, 7) is 3.82. The van der Waals surface area contributed by atoms with Gasteiger partial charge in [0.15, 0.2) is 0 Å². The molecule has 0 aliphatic rings. The molecule has 1 aromatic carbocycles. The number of rotatable bonds is 8. The minimum Gasteiger partial charge on any atom is -0.481 e. The van der Waals surface area contributed by atoms with Crippen molar-refractivity contribution in [2.45, 2.75) is 51.5 Å². The molecule has 0 aliphatic heterocycles. The SMILES string of the molecule is CCC(CC)(CC(=O)O)NC(=O)CCc1ccc2[nH]ccc2c1. The van der Waals surface area contributed by atoms with Crippen LogP contribution in [-0.2, 0) is 16.0 Å². The highest BCUT2D eigenvalue weighted by molar-refractivity contribution is 5.81. The van der Waals surface area contributed by atoms with Crippen LogP contribution in [0.2, 0.25) is 0 Å². The predicted molar refractivity (Wildman–Crippen MR) is 90.3 cm³/mol. The fraction of sp³-hybridized carbons (Fsp3) is 0.444. The molecule has 124 valence electrons. The summed E-state index contributed by atoms with van der Waals surface area (Å²) in [4.78, 5) is 26.4. The standard InChI is InChI=1S/C18H24N2O3/c1-3-18(4-2,12-17(22)23)20-16(21)8-6-13-5-7-15-14(11-13)9-10-19-15/h5,7,9-11,19H,3-4,6,8,12H2,1-2H3,(H,20,21)(H,22,23). The lowest BCUT2D eigenvalue weighted by Crippen LogP contribution is -2.49. The van der Waals surface area contributed by atoms with E-state index in [0.29, 0.717) is 25.7 Å². The number of aromatic amines is 1. The Kier molecular flexibility index (Phi) is 5.42. The molecule has 2 rings (SSSR count). The van der Waals surface area contributed by atoms with Crippen LogP contribution < -0.4 is 5.32 Å². The fourth-order valence-electron chi connectivity index (χ4n) is 2.88. The Morgan fingerprint density at radius 3 is 2.61 bits per heavy atom. The number of H-pyrrole nitrogens is 1. The largest absolute Gasteiger partial charge is 0.481 e. The number of nitrogens with one attached hydrogen (secondary N) is 2. The molecule has 1 heterocycles. The van der Waals surface area contributed by atoms with Crippen LogP contribution in [0.4, 0.5) is 0 Å². The first-order valence-electron chi connectivity index (χ1n) is 8.07. The van der Waals surface area contributed by atoms with Crippen LogP contribution in [-0.4, -0.2) is 27.5 Å². The van der Waals surface area contributed by atoms with Crippen LogP contribution in [0.5, 0.6) is 0 Å². The van der Waals surface area contributed by atoms with Crippen molar-refractivity contribution in [1.82, 2.24) is 10.3 Å². The summed E-state index contributed by atoms with van der Waals surface area (Å²) in [5, 5.41) is 13.1. The van der Waals surface area contributed by atoms with Gasteiger partial charge >= 0.3 is 5.97 Å². The maximum absolute atomic E-state index is 12.2. The van der Waals surface area contributed by atoms with E-state index in [0.717, 1.165) is 16.5 Å². The van der Waals surface area contributed by atoms with Crippen molar-refractivity contribution >= 4 is 22.8 Å². The Labute approximate surface area is 136 Å². The number of aliphatic carboxylic acids is 1. The number of carbonyl (C=O) groups excluding carboxylic acids is 1. The Hall–Kier alpha value is -2.30. The molecule has 23 heavy (non-hydrogen) atoms. The zero-order valence-electron chi connectivity index (χ0n) is 13.7. The quantitative estimate of drug-likeness (QED) is 0.699. The molecule has 0 bridgehead atoms. The molecule has 0 saturated heterocycles. The first-order valence-corrected chi connectivity index (χ1v) is 8.07. The summed E-state index contributed by atoms with van der Waals surface area (Å²) in [7, 11) is 0. The third kappa shape index (κ3) is 4.34. The van der Waals surface area contributed by atoms with E-state index in [1.165, 1.54) is 0 Å². The smallest absolute Gasteiger partial charge is 0.305 e. The molecule has 0 unspecified atom stereocenters. The number of carboxylic acid groups (broad SMARTS) is 1. The lowest BCUT2D eigenvalue weighted by atomic mass is 9.88. The number of benzene rings is 1.